The molecule has 7 heteroatoms. The Bertz CT molecular complexity index is 659. The lowest BCUT2D eigenvalue weighted by Gasteiger charge is -2.34. The molecule has 0 aliphatic carbocycles. The van der Waals surface area contributed by atoms with Crippen LogP contribution in [0.25, 0.3) is 0 Å². The number of hydrogen-bond donors (Lipinski definition) is 1. The number of aliphatic imine (C=N–C) groups is 1. The van der Waals surface area contributed by atoms with Crippen molar-refractivity contribution in [1.29, 1.82) is 0 Å². The first kappa shape index (κ1) is 13.1. The maximum Gasteiger partial charge on any atom is 0.325 e. The maximum absolute atomic E-state index is 12.1. The second-order valence-corrected chi connectivity index (χ2v) is 5.79. The van der Waals surface area contributed by atoms with Crippen LogP contribution in [0.15, 0.2) is 35.3 Å². The fourth-order valence-electron chi connectivity index (χ4n) is 3.30. The topological polar surface area (TPSA) is 68.2 Å². The predicted molar refractivity (Wildman–Crippen MR) is 79.9 cm³/mol. The summed E-state index contributed by atoms with van der Waals surface area (Å²) < 4.78 is 0. The minimum atomic E-state index is -0.421. The molecule has 2 saturated heterocycles. The largest absolute Gasteiger partial charge is 0.337 e. The molecule has 0 spiro atoms. The van der Waals surface area contributed by atoms with E-state index in [1.807, 2.05) is 23.1 Å². The van der Waals surface area contributed by atoms with E-state index in [2.05, 4.69) is 27.3 Å². The second-order valence-electron chi connectivity index (χ2n) is 5.79. The number of rotatable bonds is 2. The molecule has 0 radical (unpaired) electrons. The number of amides is 3. The van der Waals surface area contributed by atoms with Gasteiger partial charge in [-0.15, -0.1) is 0 Å². The average molecular weight is 299 g/mol. The summed E-state index contributed by atoms with van der Waals surface area (Å²) in [5, 5.41) is 2.39. The van der Waals surface area contributed by atoms with E-state index in [0.29, 0.717) is 0 Å². The van der Waals surface area contributed by atoms with Crippen molar-refractivity contribution in [3.05, 3.63) is 35.9 Å². The summed E-state index contributed by atoms with van der Waals surface area (Å²) >= 11 is 0. The van der Waals surface area contributed by atoms with Gasteiger partial charge in [-0.25, -0.2) is 9.79 Å². The van der Waals surface area contributed by atoms with Crippen LogP contribution in [0, 0.1) is 0 Å². The van der Waals surface area contributed by atoms with Gasteiger partial charge in [0.2, 0.25) is 0 Å². The van der Waals surface area contributed by atoms with Crippen molar-refractivity contribution in [2.75, 3.05) is 20.1 Å². The molecule has 3 aliphatic heterocycles. The van der Waals surface area contributed by atoms with Crippen LogP contribution in [0.5, 0.6) is 0 Å². The lowest BCUT2D eigenvalue weighted by molar-refractivity contribution is -0.126. The van der Waals surface area contributed by atoms with Gasteiger partial charge in [0.1, 0.15) is 0 Å². The summed E-state index contributed by atoms with van der Waals surface area (Å²) in [6.07, 6.45) is -0.421. The van der Waals surface area contributed by atoms with Gasteiger partial charge >= 0.3 is 6.03 Å². The van der Waals surface area contributed by atoms with Crippen molar-refractivity contribution in [3.8, 4) is 0 Å². The number of guanidine groups is 1. The molecule has 2 unspecified atom stereocenters. The number of carbonyl (C=O) groups excluding carboxylic acids is 2. The van der Waals surface area contributed by atoms with Gasteiger partial charge in [-0.05, 0) is 5.56 Å². The summed E-state index contributed by atoms with van der Waals surface area (Å²) in [6, 6.07) is 9.39. The van der Waals surface area contributed by atoms with E-state index in [1.54, 1.807) is 7.05 Å². The van der Waals surface area contributed by atoms with Gasteiger partial charge in [-0.1, -0.05) is 30.3 Å². The zero-order valence-corrected chi connectivity index (χ0v) is 12.3. The maximum atomic E-state index is 12.1. The van der Waals surface area contributed by atoms with E-state index < -0.39 is 12.2 Å². The van der Waals surface area contributed by atoms with Gasteiger partial charge in [-0.2, -0.15) is 0 Å². The van der Waals surface area contributed by atoms with E-state index in [-0.39, 0.29) is 11.9 Å². The highest BCUT2D eigenvalue weighted by molar-refractivity contribution is 6.04. The van der Waals surface area contributed by atoms with Crippen molar-refractivity contribution in [2.45, 2.75) is 18.8 Å². The van der Waals surface area contributed by atoms with Crippen LogP contribution in [-0.2, 0) is 11.3 Å². The highest BCUT2D eigenvalue weighted by atomic mass is 16.2. The van der Waals surface area contributed by atoms with E-state index >= 15 is 0 Å². The Hall–Kier alpha value is -2.57. The number of benzene rings is 1. The smallest absolute Gasteiger partial charge is 0.325 e. The van der Waals surface area contributed by atoms with E-state index in [0.717, 1.165) is 25.6 Å². The summed E-state index contributed by atoms with van der Waals surface area (Å²) in [6.45, 7) is 2.35. The third-order valence-corrected chi connectivity index (χ3v) is 4.45. The van der Waals surface area contributed by atoms with Crippen molar-refractivity contribution in [1.82, 2.24) is 20.0 Å². The third-order valence-electron chi connectivity index (χ3n) is 4.45. The summed E-state index contributed by atoms with van der Waals surface area (Å²) in [4.78, 5) is 34.2. The number of fused-ring (bicyclic) bond motifs is 3. The number of hydrogen-bond acceptors (Lipinski definition) is 5. The van der Waals surface area contributed by atoms with Crippen LogP contribution < -0.4 is 5.32 Å². The number of likely N-dealkylation sites (N-methyl/N-ethyl adjacent to an activating group) is 1. The minimum absolute atomic E-state index is 0.256. The van der Waals surface area contributed by atoms with Gasteiger partial charge < -0.3 is 14.7 Å². The minimum Gasteiger partial charge on any atom is -0.337 e. The number of imide groups is 1. The standard InChI is InChI=1S/C15H17N5O2/c1-18-12-11(13(21)17-15(18)22)20-8-7-19(14(20)16-12)9-10-5-3-2-4-6-10/h2-6,11-12H,7-9H2,1H3,(H,17,21,22). The molecule has 114 valence electrons. The highest BCUT2D eigenvalue weighted by Gasteiger charge is 2.51. The molecule has 7 nitrogen and oxygen atoms in total. The molecule has 22 heavy (non-hydrogen) atoms. The Balaban J connectivity index is 1.60. The summed E-state index contributed by atoms with van der Waals surface area (Å²) in [7, 11) is 1.67. The predicted octanol–water partition coefficient (Wildman–Crippen LogP) is 0.0501. The van der Waals surface area contributed by atoms with Crippen molar-refractivity contribution in [2.24, 2.45) is 4.99 Å². The Labute approximate surface area is 128 Å². The first-order valence-corrected chi connectivity index (χ1v) is 7.36. The molecule has 2 fully saturated rings. The molecular formula is C15H17N5O2. The van der Waals surface area contributed by atoms with Crippen LogP contribution in [0.2, 0.25) is 0 Å². The Morgan fingerprint density at radius 1 is 1.23 bits per heavy atom. The fraction of sp³-hybridized carbons (Fsp3) is 0.400. The lowest BCUT2D eigenvalue weighted by Crippen LogP contribution is -2.63. The number of carbonyl (C=O) groups is 2. The van der Waals surface area contributed by atoms with Crippen molar-refractivity contribution in [3.63, 3.8) is 0 Å². The molecule has 3 aliphatic rings. The molecular weight excluding hydrogens is 282 g/mol. The van der Waals surface area contributed by atoms with Gasteiger partial charge in [-0.3, -0.25) is 10.1 Å². The van der Waals surface area contributed by atoms with Crippen LogP contribution in [0.1, 0.15) is 5.56 Å². The Morgan fingerprint density at radius 2 is 2.00 bits per heavy atom. The van der Waals surface area contributed by atoms with Gasteiger partial charge in [0.15, 0.2) is 18.2 Å². The van der Waals surface area contributed by atoms with Crippen LogP contribution in [0.4, 0.5) is 4.79 Å². The van der Waals surface area contributed by atoms with Crippen molar-refractivity contribution >= 4 is 17.9 Å². The first-order chi connectivity index (χ1) is 10.6. The average Bonchev–Trinajstić information content (AvgIpc) is 3.06. The molecule has 0 bridgehead atoms. The van der Waals surface area contributed by atoms with E-state index in [4.69, 9.17) is 0 Å². The number of nitrogens with one attached hydrogen (secondary N) is 1. The normalized spacial score (nSPS) is 26.8. The molecule has 0 aromatic heterocycles. The number of urea groups is 1. The zero-order valence-electron chi connectivity index (χ0n) is 12.3. The quantitative estimate of drug-likeness (QED) is 0.838. The van der Waals surface area contributed by atoms with E-state index in [1.165, 1.54) is 10.5 Å². The summed E-state index contributed by atoms with van der Waals surface area (Å²) in [5.74, 6) is 0.559. The Morgan fingerprint density at radius 3 is 2.77 bits per heavy atom. The van der Waals surface area contributed by atoms with Crippen LogP contribution in [-0.4, -0.2) is 64.9 Å². The van der Waals surface area contributed by atoms with Crippen LogP contribution >= 0.6 is 0 Å². The van der Waals surface area contributed by atoms with Crippen molar-refractivity contribution < 1.29 is 9.59 Å². The van der Waals surface area contributed by atoms with Crippen LogP contribution in [0.3, 0.4) is 0 Å². The second kappa shape index (κ2) is 4.72. The number of nitrogens with zero attached hydrogens (tertiary/aromatic N) is 4. The summed E-state index contributed by atoms with van der Waals surface area (Å²) in [5.41, 5.74) is 1.20. The molecule has 3 amide bonds. The SMILES string of the molecule is CN1C(=O)NC(=O)C2C1N=C1N(Cc3ccccc3)CCN12. The molecule has 3 heterocycles. The highest BCUT2D eigenvalue weighted by Crippen LogP contribution is 2.28. The van der Waals surface area contributed by atoms with Gasteiger partial charge in [0.25, 0.3) is 5.91 Å². The molecule has 1 aromatic carbocycles. The van der Waals surface area contributed by atoms with Gasteiger partial charge in [0, 0.05) is 26.7 Å². The Kier molecular flexibility index (Phi) is 2.82. The van der Waals surface area contributed by atoms with Gasteiger partial charge in [0.05, 0.1) is 0 Å². The monoisotopic (exact) mass is 299 g/mol. The first-order valence-electron chi connectivity index (χ1n) is 7.36. The zero-order chi connectivity index (χ0) is 15.3. The molecule has 1 N–H and O–H groups in total. The molecule has 0 saturated carbocycles. The molecule has 2 atom stereocenters. The molecule has 4 rings (SSSR count). The van der Waals surface area contributed by atoms with E-state index in [9.17, 15) is 9.59 Å². The molecule has 1 aromatic rings. The lowest BCUT2D eigenvalue weighted by atomic mass is 10.1. The third kappa shape index (κ3) is 1.85. The fourth-order valence-corrected chi connectivity index (χ4v) is 3.30.